The third-order valence-electron chi connectivity index (χ3n) is 3.19. The van der Waals surface area contributed by atoms with Crippen molar-refractivity contribution in [2.45, 2.75) is 6.61 Å². The lowest BCUT2D eigenvalue weighted by molar-refractivity contribution is -0.116. The number of hydrogen-bond donors (Lipinski definition) is 1. The lowest BCUT2D eigenvalue weighted by atomic mass is 10.1. The van der Waals surface area contributed by atoms with E-state index in [2.05, 4.69) is 15.5 Å². The van der Waals surface area contributed by atoms with Gasteiger partial charge >= 0.3 is 0 Å². The summed E-state index contributed by atoms with van der Waals surface area (Å²) in [5.41, 5.74) is 1.78. The van der Waals surface area contributed by atoms with E-state index in [0.29, 0.717) is 23.3 Å². The predicted octanol–water partition coefficient (Wildman–Crippen LogP) is 2.96. The Kier molecular flexibility index (Phi) is 5.22. The maximum atomic E-state index is 12.9. The number of hydrogen-bond acceptors (Lipinski definition) is 5. The summed E-state index contributed by atoms with van der Waals surface area (Å²) in [6.45, 7) is 0.329. The quantitative estimate of drug-likeness (QED) is 0.671. The van der Waals surface area contributed by atoms with E-state index in [1.807, 2.05) is 24.3 Å². The SMILES string of the molecule is O=C1CSC(=NN=Cc2ccccc2COc2ccc(F)cc2)N1. The Hall–Kier alpha value is -2.67. The number of carbonyl (C=O) groups is 1. The maximum absolute atomic E-state index is 12.9. The monoisotopic (exact) mass is 343 g/mol. The maximum Gasteiger partial charge on any atom is 0.236 e. The van der Waals surface area contributed by atoms with Crippen molar-refractivity contribution in [1.82, 2.24) is 5.32 Å². The molecule has 0 radical (unpaired) electrons. The van der Waals surface area contributed by atoms with Crippen LogP contribution in [-0.2, 0) is 11.4 Å². The Bertz CT molecular complexity index is 791. The standard InChI is InChI=1S/C17H14FN3O2S/c18-14-5-7-15(8-6-14)23-10-13-4-2-1-3-12(13)9-19-21-17-20-16(22)11-24-17/h1-9H,10-11H2,(H,20,21,22). The van der Waals surface area contributed by atoms with Crippen molar-refractivity contribution in [3.8, 4) is 5.75 Å². The number of nitrogens with zero attached hydrogens (tertiary/aromatic N) is 2. The Morgan fingerprint density at radius 1 is 1.21 bits per heavy atom. The van der Waals surface area contributed by atoms with Crippen LogP contribution in [0, 0.1) is 5.82 Å². The Balaban J connectivity index is 1.66. The molecule has 5 nitrogen and oxygen atoms in total. The number of carbonyl (C=O) groups excluding carboxylic acids is 1. The van der Waals surface area contributed by atoms with Crippen LogP contribution in [-0.4, -0.2) is 23.0 Å². The highest BCUT2D eigenvalue weighted by Gasteiger charge is 2.15. The average molecular weight is 343 g/mol. The van der Waals surface area contributed by atoms with Gasteiger partial charge in [0, 0.05) is 5.56 Å². The summed E-state index contributed by atoms with van der Waals surface area (Å²) in [5, 5.41) is 11.1. The molecule has 2 aromatic rings. The molecule has 1 aliphatic rings. The average Bonchev–Trinajstić information content (AvgIpc) is 3.01. The highest BCUT2D eigenvalue weighted by atomic mass is 32.2. The topological polar surface area (TPSA) is 63.0 Å². The number of amidine groups is 1. The van der Waals surface area contributed by atoms with Crippen LogP contribution >= 0.6 is 11.8 Å². The number of halogens is 1. The van der Waals surface area contributed by atoms with Gasteiger partial charge in [-0.3, -0.25) is 4.79 Å². The molecule has 0 unspecified atom stereocenters. The second kappa shape index (κ2) is 7.74. The molecule has 1 saturated heterocycles. The normalized spacial score (nSPS) is 15.9. The third-order valence-corrected chi connectivity index (χ3v) is 4.06. The van der Waals surface area contributed by atoms with Gasteiger partial charge in [-0.25, -0.2) is 4.39 Å². The van der Waals surface area contributed by atoms with Gasteiger partial charge in [0.2, 0.25) is 5.91 Å². The van der Waals surface area contributed by atoms with Gasteiger partial charge in [0.25, 0.3) is 0 Å². The molecule has 1 N–H and O–H groups in total. The minimum absolute atomic E-state index is 0.0675. The molecular formula is C17H14FN3O2S. The molecule has 0 aliphatic carbocycles. The van der Waals surface area contributed by atoms with Crippen LogP contribution in [0.3, 0.4) is 0 Å². The van der Waals surface area contributed by atoms with Crippen LogP contribution in [0.25, 0.3) is 0 Å². The molecule has 1 amide bonds. The van der Waals surface area contributed by atoms with Crippen molar-refractivity contribution < 1.29 is 13.9 Å². The molecule has 1 fully saturated rings. The van der Waals surface area contributed by atoms with E-state index < -0.39 is 0 Å². The van der Waals surface area contributed by atoms with Gasteiger partial charge in [-0.1, -0.05) is 36.0 Å². The van der Waals surface area contributed by atoms with Gasteiger partial charge in [0.1, 0.15) is 18.2 Å². The van der Waals surface area contributed by atoms with E-state index in [1.165, 1.54) is 23.9 Å². The first kappa shape index (κ1) is 16.2. The van der Waals surface area contributed by atoms with Crippen molar-refractivity contribution in [3.05, 3.63) is 65.5 Å². The summed E-state index contributed by atoms with van der Waals surface area (Å²) in [7, 11) is 0. The van der Waals surface area contributed by atoms with Gasteiger partial charge in [-0.05, 0) is 29.8 Å². The van der Waals surface area contributed by atoms with Crippen LogP contribution in [0.2, 0.25) is 0 Å². The van der Waals surface area contributed by atoms with Crippen molar-refractivity contribution in [2.75, 3.05) is 5.75 Å². The van der Waals surface area contributed by atoms with Gasteiger partial charge in [0.15, 0.2) is 5.17 Å². The van der Waals surface area contributed by atoms with E-state index in [1.54, 1.807) is 18.3 Å². The van der Waals surface area contributed by atoms with E-state index in [9.17, 15) is 9.18 Å². The highest BCUT2D eigenvalue weighted by Crippen LogP contribution is 2.15. The molecule has 0 aromatic heterocycles. The first-order chi connectivity index (χ1) is 11.7. The van der Waals surface area contributed by atoms with Crippen LogP contribution in [0.15, 0.2) is 58.7 Å². The largest absolute Gasteiger partial charge is 0.489 e. The third kappa shape index (κ3) is 4.42. The van der Waals surface area contributed by atoms with E-state index in [0.717, 1.165) is 11.1 Å². The van der Waals surface area contributed by atoms with Crippen LogP contribution in [0.4, 0.5) is 4.39 Å². The second-order valence-corrected chi connectivity index (χ2v) is 5.89. The van der Waals surface area contributed by atoms with Crippen LogP contribution in [0.1, 0.15) is 11.1 Å². The minimum atomic E-state index is -0.300. The fraction of sp³-hybridized carbons (Fsp3) is 0.118. The number of thioether (sulfide) groups is 1. The summed E-state index contributed by atoms with van der Waals surface area (Å²) < 4.78 is 18.5. The van der Waals surface area contributed by atoms with Crippen molar-refractivity contribution in [2.24, 2.45) is 10.2 Å². The first-order valence-electron chi connectivity index (χ1n) is 7.21. The fourth-order valence-electron chi connectivity index (χ4n) is 2.01. The fourth-order valence-corrected chi connectivity index (χ4v) is 2.64. The van der Waals surface area contributed by atoms with E-state index in [4.69, 9.17) is 4.74 Å². The van der Waals surface area contributed by atoms with E-state index in [-0.39, 0.29) is 11.7 Å². The molecule has 24 heavy (non-hydrogen) atoms. The van der Waals surface area contributed by atoms with Crippen molar-refractivity contribution >= 4 is 29.1 Å². The second-order valence-electron chi connectivity index (χ2n) is 4.93. The smallest absolute Gasteiger partial charge is 0.236 e. The number of amides is 1. The number of nitrogens with one attached hydrogen (secondary N) is 1. The summed E-state index contributed by atoms with van der Waals surface area (Å²) in [6, 6.07) is 13.5. The molecule has 0 bridgehead atoms. The first-order valence-corrected chi connectivity index (χ1v) is 8.19. The molecule has 0 atom stereocenters. The zero-order chi connectivity index (χ0) is 16.8. The van der Waals surface area contributed by atoms with E-state index >= 15 is 0 Å². The van der Waals surface area contributed by atoms with Gasteiger partial charge in [-0.2, -0.15) is 5.10 Å². The summed E-state index contributed by atoms with van der Waals surface area (Å²) in [4.78, 5) is 11.1. The van der Waals surface area contributed by atoms with Crippen molar-refractivity contribution in [1.29, 1.82) is 0 Å². The molecule has 2 aromatic carbocycles. The molecule has 1 heterocycles. The lowest BCUT2D eigenvalue weighted by Gasteiger charge is -2.08. The molecule has 122 valence electrons. The Morgan fingerprint density at radius 2 is 2.00 bits per heavy atom. The lowest BCUT2D eigenvalue weighted by Crippen LogP contribution is -2.19. The molecule has 0 spiro atoms. The van der Waals surface area contributed by atoms with Crippen LogP contribution in [0.5, 0.6) is 5.75 Å². The highest BCUT2D eigenvalue weighted by molar-refractivity contribution is 8.15. The van der Waals surface area contributed by atoms with Crippen molar-refractivity contribution in [3.63, 3.8) is 0 Å². The predicted molar refractivity (Wildman–Crippen MR) is 92.8 cm³/mol. The molecule has 1 aliphatic heterocycles. The number of rotatable bonds is 5. The Labute approximate surface area is 142 Å². The van der Waals surface area contributed by atoms with Gasteiger partial charge in [0.05, 0.1) is 12.0 Å². The van der Waals surface area contributed by atoms with Crippen LogP contribution < -0.4 is 10.1 Å². The molecular weight excluding hydrogens is 329 g/mol. The minimum Gasteiger partial charge on any atom is -0.489 e. The Morgan fingerprint density at radius 3 is 2.75 bits per heavy atom. The number of ether oxygens (including phenoxy) is 1. The number of benzene rings is 2. The summed E-state index contributed by atoms with van der Waals surface area (Å²) in [5.74, 6) is 0.595. The molecule has 3 rings (SSSR count). The zero-order valence-electron chi connectivity index (χ0n) is 12.6. The molecule has 0 saturated carbocycles. The zero-order valence-corrected chi connectivity index (χ0v) is 13.4. The summed E-state index contributed by atoms with van der Waals surface area (Å²) >= 11 is 1.32. The molecule has 7 heteroatoms. The van der Waals surface area contributed by atoms with Gasteiger partial charge in [-0.15, -0.1) is 5.10 Å². The summed E-state index contributed by atoms with van der Waals surface area (Å²) in [6.07, 6.45) is 1.61. The van der Waals surface area contributed by atoms with Gasteiger partial charge < -0.3 is 10.1 Å².